The van der Waals surface area contributed by atoms with Crippen LogP contribution in [-0.2, 0) is 6.54 Å². The second kappa shape index (κ2) is 6.26. The van der Waals surface area contributed by atoms with E-state index in [0.717, 1.165) is 48.3 Å². The quantitative estimate of drug-likeness (QED) is 0.538. The van der Waals surface area contributed by atoms with Crippen molar-refractivity contribution in [2.24, 2.45) is 0 Å². The number of aromatic nitrogens is 3. The van der Waals surface area contributed by atoms with Gasteiger partial charge in [0.05, 0.1) is 11.8 Å². The summed E-state index contributed by atoms with van der Waals surface area (Å²) in [6.07, 6.45) is 7.87. The fourth-order valence-electron chi connectivity index (χ4n) is 2.30. The summed E-state index contributed by atoms with van der Waals surface area (Å²) in [5.74, 6) is 0.912. The van der Waals surface area contributed by atoms with Crippen LogP contribution in [0.5, 0.6) is 0 Å². The van der Waals surface area contributed by atoms with Gasteiger partial charge < -0.3 is 15.6 Å². The van der Waals surface area contributed by atoms with Crippen molar-refractivity contribution in [2.75, 3.05) is 17.6 Å². The molecule has 0 unspecified atom stereocenters. The Morgan fingerprint density at radius 2 is 2.10 bits per heavy atom. The number of aryl methyl sites for hydroxylation is 1. The minimum absolute atomic E-state index is 0.768. The molecule has 0 amide bonds. The third kappa shape index (κ3) is 3.51. The molecule has 0 aliphatic heterocycles. The summed E-state index contributed by atoms with van der Waals surface area (Å²) in [6, 6.07) is 9.82. The van der Waals surface area contributed by atoms with Gasteiger partial charge in [0.25, 0.3) is 0 Å². The maximum Gasteiger partial charge on any atom is 0.126 e. The summed E-state index contributed by atoms with van der Waals surface area (Å²) in [5, 5.41) is 4.43. The van der Waals surface area contributed by atoms with Crippen LogP contribution < -0.4 is 11.1 Å². The number of anilines is 2. The molecule has 2 aromatic heterocycles. The topological polar surface area (TPSA) is 68.8 Å². The number of pyridine rings is 1. The van der Waals surface area contributed by atoms with Gasteiger partial charge in [0, 0.05) is 36.6 Å². The second-order valence-electron chi connectivity index (χ2n) is 5.08. The van der Waals surface area contributed by atoms with E-state index < -0.39 is 0 Å². The Morgan fingerprint density at radius 1 is 1.14 bits per heavy atom. The first-order chi connectivity index (χ1) is 10.3. The second-order valence-corrected chi connectivity index (χ2v) is 5.08. The normalized spacial score (nSPS) is 10.9. The first-order valence-electron chi connectivity index (χ1n) is 7.17. The summed E-state index contributed by atoms with van der Waals surface area (Å²) < 4.78 is 2.10. The summed E-state index contributed by atoms with van der Waals surface area (Å²) in [5.41, 5.74) is 7.50. The molecule has 5 nitrogen and oxygen atoms in total. The predicted molar refractivity (Wildman–Crippen MR) is 86.1 cm³/mol. The molecule has 21 heavy (non-hydrogen) atoms. The van der Waals surface area contributed by atoms with Crippen LogP contribution in [0.15, 0.2) is 49.1 Å². The number of rotatable bonds is 6. The van der Waals surface area contributed by atoms with Crippen LogP contribution in [0, 0.1) is 0 Å². The number of nitrogens with two attached hydrogens (primary N) is 1. The van der Waals surface area contributed by atoms with Gasteiger partial charge in [-0.2, -0.15) is 0 Å². The van der Waals surface area contributed by atoms with Crippen molar-refractivity contribution >= 4 is 22.4 Å². The van der Waals surface area contributed by atoms with E-state index in [0.29, 0.717) is 0 Å². The molecule has 0 aliphatic carbocycles. The molecule has 0 bridgehead atoms. The van der Waals surface area contributed by atoms with Crippen LogP contribution in [0.1, 0.15) is 12.8 Å². The van der Waals surface area contributed by atoms with Crippen LogP contribution in [-0.4, -0.2) is 21.1 Å². The molecule has 108 valence electrons. The highest BCUT2D eigenvalue weighted by molar-refractivity contribution is 5.83. The molecule has 3 aromatic rings. The molecule has 3 rings (SSSR count). The van der Waals surface area contributed by atoms with Gasteiger partial charge in [-0.3, -0.25) is 0 Å². The van der Waals surface area contributed by atoms with Gasteiger partial charge in [0.1, 0.15) is 5.82 Å². The highest BCUT2D eigenvalue weighted by Gasteiger charge is 1.99. The maximum absolute atomic E-state index is 5.77. The summed E-state index contributed by atoms with van der Waals surface area (Å²) in [6.45, 7) is 1.92. The average Bonchev–Trinajstić information content (AvgIpc) is 3.00. The molecule has 0 radical (unpaired) electrons. The van der Waals surface area contributed by atoms with E-state index in [4.69, 9.17) is 5.73 Å². The number of benzene rings is 1. The van der Waals surface area contributed by atoms with E-state index in [1.807, 2.05) is 49.1 Å². The summed E-state index contributed by atoms with van der Waals surface area (Å²) in [4.78, 5) is 8.61. The third-order valence-corrected chi connectivity index (χ3v) is 3.42. The number of unbranched alkanes of at least 4 members (excludes halogenated alkanes) is 1. The Labute approximate surface area is 123 Å². The minimum Gasteiger partial charge on any atom is -0.399 e. The Morgan fingerprint density at radius 3 is 2.95 bits per heavy atom. The lowest BCUT2D eigenvalue weighted by Gasteiger charge is -2.07. The molecular formula is C16H19N5. The van der Waals surface area contributed by atoms with Crippen molar-refractivity contribution in [1.29, 1.82) is 0 Å². The first kappa shape index (κ1) is 13.4. The van der Waals surface area contributed by atoms with E-state index in [1.54, 1.807) is 0 Å². The molecule has 0 aliphatic rings. The van der Waals surface area contributed by atoms with Crippen molar-refractivity contribution in [3.63, 3.8) is 0 Å². The molecule has 0 fully saturated rings. The monoisotopic (exact) mass is 281 g/mol. The molecular weight excluding hydrogens is 262 g/mol. The van der Waals surface area contributed by atoms with Gasteiger partial charge >= 0.3 is 0 Å². The largest absolute Gasteiger partial charge is 0.399 e. The Hall–Kier alpha value is -2.56. The fourth-order valence-corrected chi connectivity index (χ4v) is 2.30. The average molecular weight is 281 g/mol. The van der Waals surface area contributed by atoms with Gasteiger partial charge in [0.2, 0.25) is 0 Å². The molecule has 5 heteroatoms. The zero-order valence-corrected chi connectivity index (χ0v) is 11.9. The number of hydrogen-bond acceptors (Lipinski definition) is 4. The lowest BCUT2D eigenvalue weighted by Crippen LogP contribution is -2.05. The first-order valence-corrected chi connectivity index (χ1v) is 7.17. The molecule has 0 spiro atoms. The maximum atomic E-state index is 5.77. The van der Waals surface area contributed by atoms with Crippen molar-refractivity contribution in [3.05, 3.63) is 49.1 Å². The highest BCUT2D eigenvalue weighted by Crippen LogP contribution is 2.17. The van der Waals surface area contributed by atoms with Gasteiger partial charge in [-0.15, -0.1) is 0 Å². The summed E-state index contributed by atoms with van der Waals surface area (Å²) in [7, 11) is 0. The van der Waals surface area contributed by atoms with E-state index in [2.05, 4.69) is 19.9 Å². The Balaban J connectivity index is 1.50. The third-order valence-electron chi connectivity index (χ3n) is 3.42. The summed E-state index contributed by atoms with van der Waals surface area (Å²) >= 11 is 0. The SMILES string of the molecule is Nc1ccc2nc(NCCCCn3ccnc3)ccc2c1. The number of imidazole rings is 1. The lowest BCUT2D eigenvalue weighted by molar-refractivity contribution is 0.621. The predicted octanol–water partition coefficient (Wildman–Crippen LogP) is 2.91. The van der Waals surface area contributed by atoms with Crippen LogP contribution in [0.25, 0.3) is 10.9 Å². The number of hydrogen-bond donors (Lipinski definition) is 2. The minimum atomic E-state index is 0.768. The van der Waals surface area contributed by atoms with Crippen LogP contribution in [0.4, 0.5) is 11.5 Å². The number of fused-ring (bicyclic) bond motifs is 1. The smallest absolute Gasteiger partial charge is 0.126 e. The Bertz CT molecular complexity index is 706. The zero-order valence-electron chi connectivity index (χ0n) is 11.9. The van der Waals surface area contributed by atoms with Gasteiger partial charge in [-0.1, -0.05) is 0 Å². The fraction of sp³-hybridized carbons (Fsp3) is 0.250. The van der Waals surface area contributed by atoms with Gasteiger partial charge in [-0.05, 0) is 43.2 Å². The van der Waals surface area contributed by atoms with Gasteiger partial charge in [0.15, 0.2) is 0 Å². The molecule has 2 heterocycles. The number of nitrogen functional groups attached to an aromatic ring is 1. The van der Waals surface area contributed by atoms with E-state index in [-0.39, 0.29) is 0 Å². The van der Waals surface area contributed by atoms with Crippen molar-refractivity contribution in [1.82, 2.24) is 14.5 Å². The number of nitrogens with zero attached hydrogens (tertiary/aromatic N) is 3. The van der Waals surface area contributed by atoms with Crippen molar-refractivity contribution in [3.8, 4) is 0 Å². The standard InChI is InChI=1S/C16H19N5/c17-14-4-5-15-13(11-14)3-6-16(20-15)19-7-1-2-9-21-10-8-18-12-21/h3-6,8,10-12H,1-2,7,9,17H2,(H,19,20). The van der Waals surface area contributed by atoms with Crippen molar-refractivity contribution < 1.29 is 0 Å². The number of nitrogens with one attached hydrogen (secondary N) is 1. The molecule has 0 atom stereocenters. The zero-order chi connectivity index (χ0) is 14.5. The van der Waals surface area contributed by atoms with E-state index in [9.17, 15) is 0 Å². The molecule has 1 aromatic carbocycles. The molecule has 0 saturated heterocycles. The Kier molecular flexibility index (Phi) is 4.00. The van der Waals surface area contributed by atoms with E-state index in [1.165, 1.54) is 0 Å². The van der Waals surface area contributed by atoms with Crippen LogP contribution in [0.3, 0.4) is 0 Å². The van der Waals surface area contributed by atoms with Gasteiger partial charge in [-0.25, -0.2) is 9.97 Å². The van der Waals surface area contributed by atoms with Crippen molar-refractivity contribution in [2.45, 2.75) is 19.4 Å². The highest BCUT2D eigenvalue weighted by atomic mass is 15.0. The molecule has 0 saturated carbocycles. The molecule has 3 N–H and O–H groups in total. The lowest BCUT2D eigenvalue weighted by atomic mass is 10.2. The van der Waals surface area contributed by atoms with Crippen LogP contribution >= 0.6 is 0 Å². The van der Waals surface area contributed by atoms with Crippen LogP contribution in [0.2, 0.25) is 0 Å². The van der Waals surface area contributed by atoms with E-state index >= 15 is 0 Å².